The normalized spacial score (nSPS) is 11.8. The second kappa shape index (κ2) is 7.76. The van der Waals surface area contributed by atoms with Crippen molar-refractivity contribution in [1.29, 1.82) is 0 Å². The summed E-state index contributed by atoms with van der Waals surface area (Å²) in [5, 5.41) is 20.2. The lowest BCUT2D eigenvalue weighted by molar-refractivity contribution is -0.188. The van der Waals surface area contributed by atoms with Crippen LogP contribution in [0.2, 0.25) is 0 Å². The van der Waals surface area contributed by atoms with Crippen molar-refractivity contribution in [1.82, 2.24) is 5.06 Å². The van der Waals surface area contributed by atoms with Crippen LogP contribution in [0.15, 0.2) is 36.4 Å². The minimum atomic E-state index is -1.67. The van der Waals surface area contributed by atoms with Crippen molar-refractivity contribution in [3.8, 4) is 0 Å². The zero-order chi connectivity index (χ0) is 18.6. The summed E-state index contributed by atoms with van der Waals surface area (Å²) in [6.07, 6.45) is 0.553. The third-order valence-electron chi connectivity index (χ3n) is 3.83. The summed E-state index contributed by atoms with van der Waals surface area (Å²) in [4.78, 5) is 40.7. The van der Waals surface area contributed by atoms with Crippen LogP contribution in [-0.4, -0.2) is 45.8 Å². The molecule has 0 spiro atoms. The summed E-state index contributed by atoms with van der Waals surface area (Å²) >= 11 is 0. The van der Waals surface area contributed by atoms with Gasteiger partial charge in [-0.05, 0) is 22.8 Å². The number of hydrogen-bond acceptors (Lipinski definition) is 5. The maximum Gasteiger partial charge on any atom is 0.364 e. The average Bonchev–Trinajstić information content (AvgIpc) is 2.59. The van der Waals surface area contributed by atoms with Gasteiger partial charge in [-0.15, -0.1) is 0 Å². The number of carboxylic acids is 1. The van der Waals surface area contributed by atoms with E-state index in [0.717, 1.165) is 12.3 Å². The molecule has 132 valence electrons. The summed E-state index contributed by atoms with van der Waals surface area (Å²) < 4.78 is 0. The van der Waals surface area contributed by atoms with E-state index in [4.69, 9.17) is 9.94 Å². The van der Waals surface area contributed by atoms with Gasteiger partial charge in [-0.3, -0.25) is 4.79 Å². The molecule has 7 nitrogen and oxygen atoms in total. The second-order valence-electron chi connectivity index (χ2n) is 5.43. The van der Waals surface area contributed by atoms with Gasteiger partial charge >= 0.3 is 11.9 Å². The summed E-state index contributed by atoms with van der Waals surface area (Å²) in [7, 11) is 0. The molecule has 0 fully saturated rings. The number of aliphatic hydroxyl groups excluding tert-OH is 1. The Morgan fingerprint density at radius 3 is 2.40 bits per heavy atom. The molecule has 0 aliphatic carbocycles. The van der Waals surface area contributed by atoms with E-state index < -0.39 is 30.5 Å². The predicted octanol–water partition coefficient (Wildman–Crippen LogP) is 1.77. The van der Waals surface area contributed by atoms with Crippen LogP contribution in [0.4, 0.5) is 0 Å². The highest BCUT2D eigenvalue weighted by Gasteiger charge is 2.32. The molecule has 25 heavy (non-hydrogen) atoms. The van der Waals surface area contributed by atoms with Gasteiger partial charge in [0.25, 0.3) is 5.91 Å². The van der Waals surface area contributed by atoms with Crippen LogP contribution in [0.25, 0.3) is 10.8 Å². The monoisotopic (exact) mass is 345 g/mol. The molecule has 0 aromatic heterocycles. The SMILES string of the molecule is CCc1ccc2ccccc2c1C(=O)ON(C(C)=O)[C@@H](CO)C(=O)O. The molecule has 2 aromatic rings. The quantitative estimate of drug-likeness (QED) is 0.800. The topological polar surface area (TPSA) is 104 Å². The number of carboxylic acid groups (broad SMARTS) is 1. The van der Waals surface area contributed by atoms with Crippen molar-refractivity contribution in [2.45, 2.75) is 26.3 Å². The lowest BCUT2D eigenvalue weighted by atomic mass is 9.97. The molecule has 0 heterocycles. The molecule has 0 unspecified atom stereocenters. The van der Waals surface area contributed by atoms with Gasteiger partial charge in [0.05, 0.1) is 12.2 Å². The van der Waals surface area contributed by atoms with Gasteiger partial charge in [0, 0.05) is 6.92 Å². The fraction of sp³-hybridized carbons (Fsp3) is 0.278. The number of hydroxylamine groups is 2. The molecule has 2 rings (SSSR count). The maximum atomic E-state index is 12.7. The van der Waals surface area contributed by atoms with Gasteiger partial charge in [-0.1, -0.05) is 43.3 Å². The van der Waals surface area contributed by atoms with Crippen LogP contribution in [0, 0.1) is 0 Å². The van der Waals surface area contributed by atoms with E-state index in [-0.39, 0.29) is 5.56 Å². The molecule has 7 heteroatoms. The lowest BCUT2D eigenvalue weighted by Crippen LogP contribution is -2.47. The molecule has 0 radical (unpaired) electrons. The highest BCUT2D eigenvalue weighted by molar-refractivity contribution is 6.06. The predicted molar refractivity (Wildman–Crippen MR) is 89.8 cm³/mol. The van der Waals surface area contributed by atoms with Crippen LogP contribution in [0.5, 0.6) is 0 Å². The van der Waals surface area contributed by atoms with E-state index in [1.165, 1.54) is 0 Å². The minimum Gasteiger partial charge on any atom is -0.480 e. The largest absolute Gasteiger partial charge is 0.480 e. The van der Waals surface area contributed by atoms with Crippen molar-refractivity contribution in [2.75, 3.05) is 6.61 Å². The molecule has 2 N–H and O–H groups in total. The Bertz CT molecular complexity index is 816. The number of nitrogens with zero attached hydrogens (tertiary/aromatic N) is 1. The number of rotatable bonds is 5. The van der Waals surface area contributed by atoms with Crippen molar-refractivity contribution in [2.24, 2.45) is 0 Å². The zero-order valence-corrected chi connectivity index (χ0v) is 13.9. The van der Waals surface area contributed by atoms with Crippen LogP contribution in [0.3, 0.4) is 0 Å². The molecular formula is C18H19NO6. The molecule has 0 aliphatic rings. The smallest absolute Gasteiger partial charge is 0.364 e. The van der Waals surface area contributed by atoms with Crippen molar-refractivity contribution < 1.29 is 29.4 Å². The molecule has 1 amide bonds. The fourth-order valence-electron chi connectivity index (χ4n) is 2.59. The summed E-state index contributed by atoms with van der Waals surface area (Å²) in [6, 6.07) is 9.19. The Kier molecular flexibility index (Phi) is 5.71. The van der Waals surface area contributed by atoms with Gasteiger partial charge in [0.15, 0.2) is 6.04 Å². The summed E-state index contributed by atoms with van der Waals surface area (Å²) in [6.45, 7) is 2.05. The first-order valence-corrected chi connectivity index (χ1v) is 7.77. The molecule has 2 aromatic carbocycles. The van der Waals surface area contributed by atoms with Crippen LogP contribution in [0.1, 0.15) is 29.8 Å². The van der Waals surface area contributed by atoms with E-state index in [1.54, 1.807) is 18.2 Å². The molecule has 1 atom stereocenters. The Hall–Kier alpha value is -2.93. The van der Waals surface area contributed by atoms with Crippen molar-refractivity contribution in [3.63, 3.8) is 0 Å². The Morgan fingerprint density at radius 2 is 1.84 bits per heavy atom. The van der Waals surface area contributed by atoms with Gasteiger partial charge < -0.3 is 15.1 Å². The number of carbonyl (C=O) groups excluding carboxylic acids is 2. The number of carbonyl (C=O) groups is 3. The average molecular weight is 345 g/mol. The Labute approximate surface area is 144 Å². The number of aliphatic hydroxyl groups is 1. The second-order valence-corrected chi connectivity index (χ2v) is 5.43. The van der Waals surface area contributed by atoms with E-state index >= 15 is 0 Å². The molecule has 0 saturated heterocycles. The third-order valence-corrected chi connectivity index (χ3v) is 3.83. The number of hydrogen-bond donors (Lipinski definition) is 2. The third kappa shape index (κ3) is 3.77. The van der Waals surface area contributed by atoms with E-state index in [2.05, 4.69) is 0 Å². The summed E-state index contributed by atoms with van der Waals surface area (Å²) in [5.41, 5.74) is 0.983. The van der Waals surface area contributed by atoms with Gasteiger partial charge in [-0.2, -0.15) is 5.06 Å². The zero-order valence-electron chi connectivity index (χ0n) is 13.9. The number of benzene rings is 2. The first-order chi connectivity index (χ1) is 11.9. The first kappa shape index (κ1) is 18.4. The van der Waals surface area contributed by atoms with Crippen LogP contribution >= 0.6 is 0 Å². The molecular weight excluding hydrogens is 326 g/mol. The van der Waals surface area contributed by atoms with Crippen molar-refractivity contribution >= 4 is 28.6 Å². The molecule has 0 aliphatic heterocycles. The number of fused-ring (bicyclic) bond motifs is 1. The van der Waals surface area contributed by atoms with Crippen molar-refractivity contribution in [3.05, 3.63) is 47.5 Å². The molecule has 0 bridgehead atoms. The van der Waals surface area contributed by atoms with Gasteiger partial charge in [0.1, 0.15) is 0 Å². The van der Waals surface area contributed by atoms with Gasteiger partial charge in [-0.25, -0.2) is 9.59 Å². The Balaban J connectivity index is 2.47. The first-order valence-electron chi connectivity index (χ1n) is 7.77. The molecule has 0 saturated carbocycles. The highest BCUT2D eigenvalue weighted by Crippen LogP contribution is 2.24. The van der Waals surface area contributed by atoms with Crippen LogP contribution < -0.4 is 0 Å². The lowest BCUT2D eigenvalue weighted by Gasteiger charge is -2.25. The van der Waals surface area contributed by atoms with E-state index in [1.807, 2.05) is 25.1 Å². The number of aliphatic carboxylic acids is 1. The number of aryl methyl sites for hydroxylation is 1. The van der Waals surface area contributed by atoms with E-state index in [0.29, 0.717) is 22.4 Å². The number of amides is 1. The van der Waals surface area contributed by atoms with Gasteiger partial charge in [0.2, 0.25) is 0 Å². The van der Waals surface area contributed by atoms with E-state index in [9.17, 15) is 19.5 Å². The maximum absolute atomic E-state index is 12.7. The minimum absolute atomic E-state index is 0.272. The summed E-state index contributed by atoms with van der Waals surface area (Å²) in [5.74, 6) is -3.12. The Morgan fingerprint density at radius 1 is 1.16 bits per heavy atom. The standard InChI is InChI=1S/C18H19NO6/c1-3-12-8-9-13-6-4-5-7-14(13)16(12)18(24)25-19(11(2)21)15(10-20)17(22)23/h4-9,15,20H,3,10H2,1-2H3,(H,22,23)/t15-/m0/s1. The van der Waals surface area contributed by atoms with Crippen LogP contribution in [-0.2, 0) is 20.8 Å². The highest BCUT2D eigenvalue weighted by atomic mass is 16.7. The fourth-order valence-corrected chi connectivity index (χ4v) is 2.59.